The molecule has 3 nitrogen and oxygen atoms in total. The van der Waals surface area contributed by atoms with E-state index in [0.717, 1.165) is 24.3 Å². The van der Waals surface area contributed by atoms with E-state index in [9.17, 15) is 5.11 Å². The van der Waals surface area contributed by atoms with Gasteiger partial charge in [-0.15, -0.1) is 0 Å². The Balaban J connectivity index is 1.90. The summed E-state index contributed by atoms with van der Waals surface area (Å²) >= 11 is 0. The molecule has 0 saturated heterocycles. The van der Waals surface area contributed by atoms with Crippen LogP contribution >= 0.6 is 0 Å². The second-order valence-corrected chi connectivity index (χ2v) is 5.29. The topological polar surface area (TPSA) is 38.7 Å². The van der Waals surface area contributed by atoms with E-state index in [1.807, 2.05) is 12.1 Å². The maximum Gasteiger partial charge on any atom is 0.123 e. The predicted octanol–water partition coefficient (Wildman–Crippen LogP) is 3.97. The average Bonchev–Trinajstić information content (AvgIpc) is 2.40. The van der Waals surface area contributed by atoms with Gasteiger partial charge in [-0.1, -0.05) is 6.92 Å². The molecular formula is C16H22O3. The largest absolute Gasteiger partial charge is 0.508 e. The lowest BCUT2D eigenvalue weighted by atomic mass is 9.89. The molecule has 0 spiro atoms. The van der Waals surface area contributed by atoms with Crippen molar-refractivity contribution in [2.45, 2.75) is 38.7 Å². The van der Waals surface area contributed by atoms with E-state index in [1.54, 1.807) is 25.5 Å². The quantitative estimate of drug-likeness (QED) is 0.834. The molecule has 0 bridgehead atoms. The first kappa shape index (κ1) is 13.8. The van der Waals surface area contributed by atoms with Crippen molar-refractivity contribution < 1.29 is 14.6 Å². The van der Waals surface area contributed by atoms with E-state index in [1.165, 1.54) is 12.8 Å². The van der Waals surface area contributed by atoms with Crippen LogP contribution in [0.3, 0.4) is 0 Å². The van der Waals surface area contributed by atoms with Gasteiger partial charge >= 0.3 is 0 Å². The Morgan fingerprint density at radius 3 is 2.58 bits per heavy atom. The summed E-state index contributed by atoms with van der Waals surface area (Å²) in [5.74, 6) is 1.68. The molecule has 1 aromatic carbocycles. The number of aromatic hydroxyl groups is 1. The van der Waals surface area contributed by atoms with Crippen molar-refractivity contribution in [3.05, 3.63) is 30.0 Å². The van der Waals surface area contributed by atoms with E-state index in [2.05, 4.69) is 6.92 Å². The van der Waals surface area contributed by atoms with E-state index < -0.39 is 0 Å². The molecule has 0 unspecified atom stereocenters. The highest BCUT2D eigenvalue weighted by molar-refractivity contribution is 5.54. The lowest BCUT2D eigenvalue weighted by Crippen LogP contribution is -2.18. The number of ether oxygens (including phenoxy) is 2. The van der Waals surface area contributed by atoms with Gasteiger partial charge in [-0.2, -0.15) is 0 Å². The average molecular weight is 262 g/mol. The van der Waals surface area contributed by atoms with Crippen molar-refractivity contribution in [1.82, 2.24) is 0 Å². The van der Waals surface area contributed by atoms with Crippen LogP contribution in [0.4, 0.5) is 0 Å². The summed E-state index contributed by atoms with van der Waals surface area (Å²) in [5.41, 5.74) is 0.876. The van der Waals surface area contributed by atoms with Crippen LogP contribution in [-0.4, -0.2) is 18.3 Å². The van der Waals surface area contributed by atoms with Gasteiger partial charge in [0.15, 0.2) is 0 Å². The highest BCUT2D eigenvalue weighted by Crippen LogP contribution is 2.26. The number of hydrogen-bond donors (Lipinski definition) is 1. The Hall–Kier alpha value is -1.64. The SMILES string of the molecule is COc1cc(O)cc(/C=C/OC2CCC(C)CC2)c1. The van der Waals surface area contributed by atoms with Crippen LogP contribution in [0.25, 0.3) is 6.08 Å². The van der Waals surface area contributed by atoms with E-state index >= 15 is 0 Å². The molecule has 0 aromatic heterocycles. The number of rotatable bonds is 4. The minimum atomic E-state index is 0.200. The van der Waals surface area contributed by atoms with Gasteiger partial charge < -0.3 is 14.6 Å². The Morgan fingerprint density at radius 2 is 1.89 bits per heavy atom. The highest BCUT2D eigenvalue weighted by atomic mass is 16.5. The maximum absolute atomic E-state index is 9.55. The summed E-state index contributed by atoms with van der Waals surface area (Å²) in [6.45, 7) is 2.30. The summed E-state index contributed by atoms with van der Waals surface area (Å²) in [7, 11) is 1.59. The number of methoxy groups -OCH3 is 1. The van der Waals surface area contributed by atoms with E-state index in [0.29, 0.717) is 11.9 Å². The minimum Gasteiger partial charge on any atom is -0.508 e. The second-order valence-electron chi connectivity index (χ2n) is 5.29. The Bertz CT molecular complexity index is 432. The van der Waals surface area contributed by atoms with Gasteiger partial charge in [0, 0.05) is 6.07 Å². The molecule has 19 heavy (non-hydrogen) atoms. The van der Waals surface area contributed by atoms with Crippen LogP contribution in [0.2, 0.25) is 0 Å². The summed E-state index contributed by atoms with van der Waals surface area (Å²) in [6.07, 6.45) is 8.70. The molecule has 1 N–H and O–H groups in total. The molecule has 2 rings (SSSR count). The Morgan fingerprint density at radius 1 is 1.16 bits per heavy atom. The van der Waals surface area contributed by atoms with E-state index in [4.69, 9.17) is 9.47 Å². The van der Waals surface area contributed by atoms with Crippen molar-refractivity contribution >= 4 is 6.08 Å². The fourth-order valence-corrected chi connectivity index (χ4v) is 2.41. The van der Waals surface area contributed by atoms with Crippen LogP contribution in [0.5, 0.6) is 11.5 Å². The fourth-order valence-electron chi connectivity index (χ4n) is 2.41. The van der Waals surface area contributed by atoms with E-state index in [-0.39, 0.29) is 5.75 Å². The highest BCUT2D eigenvalue weighted by Gasteiger charge is 2.17. The Labute approximate surface area is 114 Å². The van der Waals surface area contributed by atoms with Gasteiger partial charge in [-0.3, -0.25) is 0 Å². The summed E-state index contributed by atoms with van der Waals surface area (Å²) in [4.78, 5) is 0. The smallest absolute Gasteiger partial charge is 0.123 e. The fraction of sp³-hybridized carbons (Fsp3) is 0.500. The summed E-state index contributed by atoms with van der Waals surface area (Å²) in [5, 5.41) is 9.55. The maximum atomic E-state index is 9.55. The first-order valence-electron chi connectivity index (χ1n) is 6.87. The van der Waals surface area contributed by atoms with Crippen molar-refractivity contribution in [2.24, 2.45) is 5.92 Å². The van der Waals surface area contributed by atoms with Crippen molar-refractivity contribution in [2.75, 3.05) is 7.11 Å². The molecule has 1 saturated carbocycles. The second kappa shape index (κ2) is 6.50. The summed E-state index contributed by atoms with van der Waals surface area (Å²) < 4.78 is 10.9. The molecule has 0 aliphatic heterocycles. The van der Waals surface area contributed by atoms with Crippen LogP contribution in [0.1, 0.15) is 38.2 Å². The molecule has 104 valence electrons. The molecule has 1 aliphatic carbocycles. The number of hydrogen-bond acceptors (Lipinski definition) is 3. The van der Waals surface area contributed by atoms with Gasteiger partial charge in [0.05, 0.1) is 19.5 Å². The predicted molar refractivity (Wildman–Crippen MR) is 76.2 cm³/mol. The monoisotopic (exact) mass is 262 g/mol. The van der Waals surface area contributed by atoms with Crippen LogP contribution < -0.4 is 4.74 Å². The molecule has 1 aliphatic rings. The van der Waals surface area contributed by atoms with Crippen molar-refractivity contribution in [3.8, 4) is 11.5 Å². The van der Waals surface area contributed by atoms with Crippen LogP contribution in [-0.2, 0) is 4.74 Å². The standard InChI is InChI=1S/C16H22O3/c1-12-3-5-15(6-4-12)19-8-7-13-9-14(17)11-16(10-13)18-2/h7-12,15,17H,3-6H2,1-2H3/b8-7+. The molecular weight excluding hydrogens is 240 g/mol. The van der Waals surface area contributed by atoms with Crippen LogP contribution in [0.15, 0.2) is 24.5 Å². The number of benzene rings is 1. The van der Waals surface area contributed by atoms with Gasteiger partial charge in [0.2, 0.25) is 0 Å². The normalized spacial score (nSPS) is 23.5. The third-order valence-electron chi connectivity index (χ3n) is 3.64. The van der Waals surface area contributed by atoms with Crippen molar-refractivity contribution in [1.29, 1.82) is 0 Å². The molecule has 0 heterocycles. The zero-order chi connectivity index (χ0) is 13.7. The lowest BCUT2D eigenvalue weighted by molar-refractivity contribution is 0.0928. The van der Waals surface area contributed by atoms with Crippen molar-refractivity contribution in [3.63, 3.8) is 0 Å². The van der Waals surface area contributed by atoms with Gasteiger partial charge in [0.25, 0.3) is 0 Å². The molecule has 1 fully saturated rings. The Kier molecular flexibility index (Phi) is 4.72. The first-order valence-corrected chi connectivity index (χ1v) is 6.87. The molecule has 3 heteroatoms. The molecule has 1 aromatic rings. The van der Waals surface area contributed by atoms with Crippen LogP contribution in [0, 0.1) is 5.92 Å². The number of phenolic OH excluding ortho intramolecular Hbond substituents is 1. The number of phenols is 1. The van der Waals surface area contributed by atoms with Gasteiger partial charge in [0.1, 0.15) is 11.5 Å². The van der Waals surface area contributed by atoms with Gasteiger partial charge in [-0.05, 0) is 55.4 Å². The molecule has 0 atom stereocenters. The van der Waals surface area contributed by atoms with Gasteiger partial charge in [-0.25, -0.2) is 0 Å². The molecule has 0 amide bonds. The molecule has 0 radical (unpaired) electrons. The summed E-state index contributed by atoms with van der Waals surface area (Å²) in [6, 6.07) is 5.13. The minimum absolute atomic E-state index is 0.200. The lowest BCUT2D eigenvalue weighted by Gasteiger charge is -2.25. The first-order chi connectivity index (χ1) is 9.17. The zero-order valence-corrected chi connectivity index (χ0v) is 11.6. The third-order valence-corrected chi connectivity index (χ3v) is 3.64. The zero-order valence-electron chi connectivity index (χ0n) is 11.6. The third kappa shape index (κ3) is 4.19.